The molecule has 0 unspecified atom stereocenters. The molecule has 4 nitrogen and oxygen atoms in total. The normalized spacial score (nSPS) is 12.9. The van der Waals surface area contributed by atoms with Crippen LogP contribution in [0.3, 0.4) is 0 Å². The summed E-state index contributed by atoms with van der Waals surface area (Å²) in [5, 5.41) is 5.35. The van der Waals surface area contributed by atoms with Crippen LogP contribution in [-0.2, 0) is 4.79 Å². The van der Waals surface area contributed by atoms with Crippen molar-refractivity contribution in [2.24, 2.45) is 5.92 Å². The van der Waals surface area contributed by atoms with Gasteiger partial charge >= 0.3 is 0 Å². The van der Waals surface area contributed by atoms with Crippen LogP contribution in [0.25, 0.3) is 21.8 Å². The molecule has 0 aliphatic rings. The van der Waals surface area contributed by atoms with E-state index in [1.54, 1.807) is 6.92 Å². The van der Waals surface area contributed by atoms with Crippen molar-refractivity contribution in [1.82, 2.24) is 15.3 Å². The zero-order valence-corrected chi connectivity index (χ0v) is 15.1. The van der Waals surface area contributed by atoms with Gasteiger partial charge in [-0.05, 0) is 30.5 Å². The maximum Gasteiger partial charge on any atom is 0.217 e. The third-order valence-corrected chi connectivity index (χ3v) is 4.42. The summed E-state index contributed by atoms with van der Waals surface area (Å²) < 4.78 is 1.03. The second-order valence-corrected chi connectivity index (χ2v) is 7.23. The fourth-order valence-electron chi connectivity index (χ4n) is 3.04. The number of rotatable bonds is 4. The van der Waals surface area contributed by atoms with E-state index in [9.17, 15) is 4.79 Å². The largest absolute Gasteiger partial charge is 0.353 e. The van der Waals surface area contributed by atoms with Gasteiger partial charge in [-0.25, -0.2) is 0 Å². The van der Waals surface area contributed by atoms with Gasteiger partial charge in [-0.15, -0.1) is 0 Å². The van der Waals surface area contributed by atoms with Gasteiger partial charge in [0.25, 0.3) is 0 Å². The minimum Gasteiger partial charge on any atom is -0.353 e. The fourth-order valence-corrected chi connectivity index (χ4v) is 3.40. The lowest BCUT2D eigenvalue weighted by atomic mass is 9.99. The highest BCUT2D eigenvalue weighted by Gasteiger charge is 2.20. The molecular weight excluding hydrogens is 354 g/mol. The second kappa shape index (κ2) is 6.32. The molecule has 0 aliphatic carbocycles. The number of halogens is 1. The Labute approximate surface area is 143 Å². The Morgan fingerprint density at radius 2 is 2.09 bits per heavy atom. The third kappa shape index (κ3) is 3.24. The minimum absolute atomic E-state index is 0.0340. The number of carbonyl (C=O) groups excluding carboxylic acids is 1. The average molecular weight is 374 g/mol. The number of nitrogens with one attached hydrogen (secondary N) is 2. The number of hydrogen-bond acceptors (Lipinski definition) is 2. The van der Waals surface area contributed by atoms with Crippen molar-refractivity contribution in [1.29, 1.82) is 0 Å². The van der Waals surface area contributed by atoms with Gasteiger partial charge in [-0.1, -0.05) is 35.8 Å². The summed E-state index contributed by atoms with van der Waals surface area (Å²) in [5.41, 5.74) is 2.97. The van der Waals surface area contributed by atoms with Crippen molar-refractivity contribution in [3.05, 3.63) is 40.6 Å². The van der Waals surface area contributed by atoms with Crippen LogP contribution in [0.5, 0.6) is 0 Å². The SMILES string of the molecule is CC(=O)N[C@H](CC(C)C)c1nccc2c1[nH]c1cc(Br)ccc12. The molecule has 120 valence electrons. The summed E-state index contributed by atoms with van der Waals surface area (Å²) in [6.07, 6.45) is 2.67. The number of aromatic nitrogens is 2. The first-order chi connectivity index (χ1) is 11.0. The Morgan fingerprint density at radius 3 is 2.78 bits per heavy atom. The average Bonchev–Trinajstić information content (AvgIpc) is 2.82. The highest BCUT2D eigenvalue weighted by molar-refractivity contribution is 9.10. The van der Waals surface area contributed by atoms with E-state index >= 15 is 0 Å². The zero-order chi connectivity index (χ0) is 16.6. The zero-order valence-electron chi connectivity index (χ0n) is 13.5. The smallest absolute Gasteiger partial charge is 0.217 e. The van der Waals surface area contributed by atoms with E-state index in [0.717, 1.165) is 38.4 Å². The molecule has 1 atom stereocenters. The summed E-state index contributed by atoms with van der Waals surface area (Å²) in [6.45, 7) is 5.85. The Balaban J connectivity index is 2.18. The predicted molar refractivity (Wildman–Crippen MR) is 97.3 cm³/mol. The van der Waals surface area contributed by atoms with Crippen LogP contribution in [0.1, 0.15) is 38.9 Å². The molecule has 0 bridgehead atoms. The number of nitrogens with zero attached hydrogens (tertiary/aromatic N) is 1. The predicted octanol–water partition coefficient (Wildman–Crippen LogP) is 4.70. The van der Waals surface area contributed by atoms with Gasteiger partial charge in [-0.2, -0.15) is 0 Å². The van der Waals surface area contributed by atoms with Gasteiger partial charge in [0, 0.05) is 33.9 Å². The molecule has 0 fully saturated rings. The monoisotopic (exact) mass is 373 g/mol. The van der Waals surface area contributed by atoms with Gasteiger partial charge in [0.1, 0.15) is 0 Å². The first-order valence-electron chi connectivity index (χ1n) is 7.78. The van der Waals surface area contributed by atoms with Crippen LogP contribution >= 0.6 is 15.9 Å². The molecule has 0 saturated carbocycles. The van der Waals surface area contributed by atoms with Crippen molar-refractivity contribution in [3.63, 3.8) is 0 Å². The maximum atomic E-state index is 11.6. The van der Waals surface area contributed by atoms with E-state index in [1.807, 2.05) is 18.3 Å². The van der Waals surface area contributed by atoms with E-state index in [1.165, 1.54) is 0 Å². The van der Waals surface area contributed by atoms with Gasteiger partial charge < -0.3 is 10.3 Å². The number of pyridine rings is 1. The molecule has 1 amide bonds. The lowest BCUT2D eigenvalue weighted by Gasteiger charge is -2.20. The van der Waals surface area contributed by atoms with Crippen LogP contribution < -0.4 is 5.32 Å². The first-order valence-corrected chi connectivity index (χ1v) is 8.58. The van der Waals surface area contributed by atoms with E-state index in [4.69, 9.17) is 0 Å². The summed E-state index contributed by atoms with van der Waals surface area (Å²) >= 11 is 3.51. The Kier molecular flexibility index (Phi) is 4.39. The molecule has 0 spiro atoms. The fraction of sp³-hybridized carbons (Fsp3) is 0.333. The Morgan fingerprint density at radius 1 is 1.30 bits per heavy atom. The molecule has 1 aromatic carbocycles. The molecule has 0 aliphatic heterocycles. The molecule has 23 heavy (non-hydrogen) atoms. The van der Waals surface area contributed by atoms with Gasteiger partial charge in [-0.3, -0.25) is 9.78 Å². The number of aromatic amines is 1. The van der Waals surface area contributed by atoms with E-state index in [0.29, 0.717) is 5.92 Å². The van der Waals surface area contributed by atoms with Crippen LogP contribution in [0, 0.1) is 5.92 Å². The third-order valence-electron chi connectivity index (χ3n) is 3.93. The van der Waals surface area contributed by atoms with Gasteiger partial charge in [0.15, 0.2) is 0 Å². The Bertz CT molecular complexity index is 869. The number of H-pyrrole nitrogens is 1. The van der Waals surface area contributed by atoms with E-state index < -0.39 is 0 Å². The summed E-state index contributed by atoms with van der Waals surface area (Å²) in [5.74, 6) is 0.427. The molecule has 2 heterocycles. The lowest BCUT2D eigenvalue weighted by molar-refractivity contribution is -0.119. The topological polar surface area (TPSA) is 57.8 Å². The number of hydrogen-bond donors (Lipinski definition) is 2. The quantitative estimate of drug-likeness (QED) is 0.695. The maximum absolute atomic E-state index is 11.6. The molecular formula is C18H20BrN3O. The summed E-state index contributed by atoms with van der Waals surface area (Å²) in [4.78, 5) is 19.7. The minimum atomic E-state index is -0.0901. The van der Waals surface area contributed by atoms with E-state index in [-0.39, 0.29) is 11.9 Å². The number of fused-ring (bicyclic) bond motifs is 3. The highest BCUT2D eigenvalue weighted by Crippen LogP contribution is 2.32. The molecule has 2 aromatic heterocycles. The lowest BCUT2D eigenvalue weighted by Crippen LogP contribution is -2.28. The van der Waals surface area contributed by atoms with Gasteiger partial charge in [0.05, 0.1) is 17.3 Å². The number of carbonyl (C=O) groups is 1. The van der Waals surface area contributed by atoms with Crippen molar-refractivity contribution < 1.29 is 4.79 Å². The summed E-state index contributed by atoms with van der Waals surface area (Å²) in [6, 6.07) is 8.13. The molecule has 0 radical (unpaired) electrons. The van der Waals surface area contributed by atoms with Gasteiger partial charge in [0.2, 0.25) is 5.91 Å². The van der Waals surface area contributed by atoms with Crippen molar-refractivity contribution >= 4 is 43.6 Å². The highest BCUT2D eigenvalue weighted by atomic mass is 79.9. The Hall–Kier alpha value is -1.88. The van der Waals surface area contributed by atoms with Crippen molar-refractivity contribution in [3.8, 4) is 0 Å². The molecule has 5 heteroatoms. The van der Waals surface area contributed by atoms with Crippen LogP contribution in [0.2, 0.25) is 0 Å². The van der Waals surface area contributed by atoms with Crippen molar-refractivity contribution in [2.45, 2.75) is 33.2 Å². The summed E-state index contributed by atoms with van der Waals surface area (Å²) in [7, 11) is 0. The molecule has 0 saturated heterocycles. The van der Waals surface area contributed by atoms with E-state index in [2.05, 4.69) is 57.2 Å². The molecule has 3 rings (SSSR count). The van der Waals surface area contributed by atoms with Crippen LogP contribution in [0.15, 0.2) is 34.9 Å². The van der Waals surface area contributed by atoms with Crippen LogP contribution in [-0.4, -0.2) is 15.9 Å². The second-order valence-electron chi connectivity index (χ2n) is 6.32. The standard InChI is InChI=1S/C18H20BrN3O/c1-10(2)8-16(21-11(3)23)18-17-14(6-7-20-18)13-5-4-12(19)9-15(13)22-17/h4-7,9-10,16,22H,8H2,1-3H3,(H,21,23)/t16-/m1/s1. The first kappa shape index (κ1) is 16.0. The molecule has 3 aromatic rings. The van der Waals surface area contributed by atoms with Crippen molar-refractivity contribution in [2.75, 3.05) is 0 Å². The number of benzene rings is 1. The van der Waals surface area contributed by atoms with Crippen LogP contribution in [0.4, 0.5) is 0 Å². The number of amides is 1. The molecule has 2 N–H and O–H groups in total.